The van der Waals surface area contributed by atoms with Gasteiger partial charge in [0.2, 0.25) is 0 Å². The number of hydrogen-bond acceptors (Lipinski definition) is 3. The lowest BCUT2D eigenvalue weighted by Crippen LogP contribution is -2.50. The SMILES string of the molecule is O=C(O)C1CCCCN1S(=O)(=O)Nc1c(F)cccc1F. The van der Waals surface area contributed by atoms with Crippen molar-refractivity contribution in [2.45, 2.75) is 25.3 Å². The van der Waals surface area contributed by atoms with Crippen LogP contribution in [-0.2, 0) is 15.0 Å². The van der Waals surface area contributed by atoms with Crippen molar-refractivity contribution in [3.63, 3.8) is 0 Å². The zero-order valence-electron chi connectivity index (χ0n) is 10.9. The Morgan fingerprint density at radius 3 is 2.48 bits per heavy atom. The molecule has 0 radical (unpaired) electrons. The van der Waals surface area contributed by atoms with Gasteiger partial charge in [-0.3, -0.25) is 9.52 Å². The van der Waals surface area contributed by atoms with Crippen molar-refractivity contribution in [3.05, 3.63) is 29.8 Å². The van der Waals surface area contributed by atoms with E-state index in [1.54, 1.807) is 4.72 Å². The van der Waals surface area contributed by atoms with Crippen LogP contribution >= 0.6 is 0 Å². The topological polar surface area (TPSA) is 86.7 Å². The maximum atomic E-state index is 13.5. The minimum absolute atomic E-state index is 0.0115. The zero-order valence-corrected chi connectivity index (χ0v) is 11.7. The van der Waals surface area contributed by atoms with E-state index in [0.717, 1.165) is 22.5 Å². The van der Waals surface area contributed by atoms with E-state index in [-0.39, 0.29) is 13.0 Å². The van der Waals surface area contributed by atoms with Gasteiger partial charge in [-0.2, -0.15) is 12.7 Å². The van der Waals surface area contributed by atoms with Crippen molar-refractivity contribution in [1.82, 2.24) is 4.31 Å². The number of benzene rings is 1. The Morgan fingerprint density at radius 1 is 1.29 bits per heavy atom. The van der Waals surface area contributed by atoms with Crippen molar-refractivity contribution < 1.29 is 27.1 Å². The van der Waals surface area contributed by atoms with E-state index in [0.29, 0.717) is 12.8 Å². The lowest BCUT2D eigenvalue weighted by atomic mass is 10.1. The maximum Gasteiger partial charge on any atom is 0.322 e. The third kappa shape index (κ3) is 3.30. The summed E-state index contributed by atoms with van der Waals surface area (Å²) in [5.74, 6) is -3.42. The number of rotatable bonds is 4. The van der Waals surface area contributed by atoms with Crippen molar-refractivity contribution in [3.8, 4) is 0 Å². The number of anilines is 1. The fourth-order valence-corrected chi connectivity index (χ4v) is 3.69. The smallest absolute Gasteiger partial charge is 0.322 e. The number of carboxylic acids is 1. The molecule has 2 rings (SSSR count). The Morgan fingerprint density at radius 2 is 1.90 bits per heavy atom. The van der Waals surface area contributed by atoms with Gasteiger partial charge in [0, 0.05) is 6.54 Å². The van der Waals surface area contributed by atoms with E-state index in [1.165, 1.54) is 0 Å². The number of para-hydroxylation sites is 1. The average Bonchev–Trinajstić information content (AvgIpc) is 2.43. The first-order chi connectivity index (χ1) is 9.83. The summed E-state index contributed by atoms with van der Waals surface area (Å²) in [7, 11) is -4.35. The predicted molar refractivity (Wildman–Crippen MR) is 70.9 cm³/mol. The molecule has 9 heteroatoms. The standard InChI is InChI=1S/C12H14F2N2O4S/c13-8-4-3-5-9(14)11(8)15-21(19,20)16-7-2-1-6-10(16)12(17)18/h3-5,10,15H,1-2,6-7H2,(H,17,18). The van der Waals surface area contributed by atoms with Crippen LogP contribution in [0.25, 0.3) is 0 Å². The molecular formula is C12H14F2N2O4S. The van der Waals surface area contributed by atoms with Crippen molar-refractivity contribution in [1.29, 1.82) is 0 Å². The minimum Gasteiger partial charge on any atom is -0.480 e. The summed E-state index contributed by atoms with van der Waals surface area (Å²) in [6.45, 7) is -0.0115. The number of nitrogens with one attached hydrogen (secondary N) is 1. The quantitative estimate of drug-likeness (QED) is 0.881. The molecule has 0 amide bonds. The van der Waals surface area contributed by atoms with Crippen LogP contribution in [0, 0.1) is 11.6 Å². The Bertz CT molecular complexity index is 630. The molecule has 1 heterocycles. The maximum absolute atomic E-state index is 13.5. The van der Waals surface area contributed by atoms with Gasteiger partial charge >= 0.3 is 16.2 Å². The molecule has 116 valence electrons. The number of halogens is 2. The van der Waals surface area contributed by atoms with Gasteiger partial charge < -0.3 is 5.11 Å². The van der Waals surface area contributed by atoms with E-state index in [2.05, 4.69) is 0 Å². The van der Waals surface area contributed by atoms with Crippen molar-refractivity contribution in [2.24, 2.45) is 0 Å². The number of hydrogen-bond donors (Lipinski definition) is 2. The van der Waals surface area contributed by atoms with Gasteiger partial charge in [-0.25, -0.2) is 8.78 Å². The van der Waals surface area contributed by atoms with Gasteiger partial charge in [0.1, 0.15) is 23.4 Å². The molecule has 0 aromatic heterocycles. The fraction of sp³-hybridized carbons (Fsp3) is 0.417. The second-order valence-corrected chi connectivity index (χ2v) is 6.29. The molecule has 1 aliphatic rings. The highest BCUT2D eigenvalue weighted by atomic mass is 32.2. The molecule has 2 N–H and O–H groups in total. The van der Waals surface area contributed by atoms with Crippen LogP contribution in [-0.4, -0.2) is 36.4 Å². The molecule has 0 bridgehead atoms. The van der Waals surface area contributed by atoms with Crippen LogP contribution in [0.3, 0.4) is 0 Å². The molecule has 0 saturated carbocycles. The number of carboxylic acid groups (broad SMARTS) is 1. The van der Waals surface area contributed by atoms with E-state index in [4.69, 9.17) is 5.11 Å². The number of aliphatic carboxylic acids is 1. The third-order valence-corrected chi connectivity index (χ3v) is 4.76. The summed E-state index contributed by atoms with van der Waals surface area (Å²) < 4.78 is 53.9. The molecule has 0 spiro atoms. The van der Waals surface area contributed by atoms with E-state index in [9.17, 15) is 22.0 Å². The summed E-state index contributed by atoms with van der Waals surface area (Å²) >= 11 is 0. The number of nitrogens with zero attached hydrogens (tertiary/aromatic N) is 1. The molecule has 1 aromatic carbocycles. The van der Waals surface area contributed by atoms with Gasteiger partial charge in [0.05, 0.1) is 0 Å². The summed E-state index contributed by atoms with van der Waals surface area (Å²) in [5, 5.41) is 9.07. The molecule has 0 aliphatic carbocycles. The van der Waals surface area contributed by atoms with Crippen LogP contribution in [0.15, 0.2) is 18.2 Å². The zero-order chi connectivity index (χ0) is 15.6. The highest BCUT2D eigenvalue weighted by Crippen LogP contribution is 2.25. The normalized spacial score (nSPS) is 20.2. The monoisotopic (exact) mass is 320 g/mol. The fourth-order valence-electron chi connectivity index (χ4n) is 2.22. The van der Waals surface area contributed by atoms with Crippen LogP contribution in [0.1, 0.15) is 19.3 Å². The number of piperidine rings is 1. The Kier molecular flexibility index (Phi) is 4.43. The van der Waals surface area contributed by atoms with Crippen LogP contribution in [0.4, 0.5) is 14.5 Å². The van der Waals surface area contributed by atoms with Crippen LogP contribution in [0.2, 0.25) is 0 Å². The van der Waals surface area contributed by atoms with Gasteiger partial charge in [0.25, 0.3) is 0 Å². The predicted octanol–water partition coefficient (Wildman–Crippen LogP) is 1.56. The largest absolute Gasteiger partial charge is 0.480 e. The highest BCUT2D eigenvalue weighted by Gasteiger charge is 2.37. The molecule has 6 nitrogen and oxygen atoms in total. The van der Waals surface area contributed by atoms with Crippen LogP contribution in [0.5, 0.6) is 0 Å². The first-order valence-corrected chi connectivity index (χ1v) is 7.73. The lowest BCUT2D eigenvalue weighted by Gasteiger charge is -2.31. The second-order valence-electron chi connectivity index (χ2n) is 4.66. The lowest BCUT2D eigenvalue weighted by molar-refractivity contribution is -0.142. The summed E-state index contributed by atoms with van der Waals surface area (Å²) in [6, 6.07) is 1.69. The highest BCUT2D eigenvalue weighted by molar-refractivity contribution is 7.90. The average molecular weight is 320 g/mol. The number of carbonyl (C=O) groups is 1. The summed E-state index contributed by atoms with van der Waals surface area (Å²) in [5.41, 5.74) is -0.813. The molecule has 1 atom stereocenters. The molecule has 1 aromatic rings. The molecule has 1 fully saturated rings. The Balaban J connectivity index is 2.31. The second kappa shape index (κ2) is 5.94. The van der Waals surface area contributed by atoms with E-state index in [1.807, 2.05) is 0 Å². The van der Waals surface area contributed by atoms with Gasteiger partial charge in [-0.1, -0.05) is 6.07 Å². The van der Waals surface area contributed by atoms with Crippen LogP contribution < -0.4 is 4.72 Å². The van der Waals surface area contributed by atoms with Gasteiger partial charge in [-0.05, 0) is 31.4 Å². The molecule has 1 aliphatic heterocycles. The molecular weight excluding hydrogens is 306 g/mol. The van der Waals surface area contributed by atoms with Gasteiger partial charge in [-0.15, -0.1) is 0 Å². The van der Waals surface area contributed by atoms with Crippen molar-refractivity contribution >= 4 is 21.9 Å². The molecule has 1 unspecified atom stereocenters. The molecule has 1 saturated heterocycles. The Labute approximate surface area is 120 Å². The summed E-state index contributed by atoms with van der Waals surface area (Å²) in [4.78, 5) is 11.1. The third-order valence-electron chi connectivity index (χ3n) is 3.24. The summed E-state index contributed by atoms with van der Waals surface area (Å²) in [6.07, 6.45) is 1.23. The Hall–Kier alpha value is -1.74. The van der Waals surface area contributed by atoms with E-state index >= 15 is 0 Å². The van der Waals surface area contributed by atoms with Crippen molar-refractivity contribution in [2.75, 3.05) is 11.3 Å². The first-order valence-electron chi connectivity index (χ1n) is 6.29. The first kappa shape index (κ1) is 15.6. The minimum atomic E-state index is -4.35. The molecule has 21 heavy (non-hydrogen) atoms. The van der Waals surface area contributed by atoms with E-state index < -0.39 is 39.5 Å². The van der Waals surface area contributed by atoms with Gasteiger partial charge in [0.15, 0.2) is 0 Å².